The third-order valence-corrected chi connectivity index (χ3v) is 4.99. The van der Waals surface area contributed by atoms with Gasteiger partial charge in [0.1, 0.15) is 5.75 Å². The molecule has 0 aliphatic carbocycles. The van der Waals surface area contributed by atoms with E-state index in [1.165, 1.54) is 16.8 Å². The monoisotopic (exact) mass is 367 g/mol. The standard InChI is InChI=1S/C22H29N3O2/c1-3-27-21-10-8-20(9-11-21)25-14-12-24(13-15-25)17-22(26)23-16-19-7-5-4-6-18(19)2/h4-11H,3,12-17H2,1-2H3,(H,23,26). The summed E-state index contributed by atoms with van der Waals surface area (Å²) in [5, 5.41) is 3.04. The Hall–Kier alpha value is -2.53. The number of amides is 1. The highest BCUT2D eigenvalue weighted by Crippen LogP contribution is 2.20. The van der Waals surface area contributed by atoms with E-state index in [0.29, 0.717) is 19.7 Å². The number of carbonyl (C=O) groups is 1. The van der Waals surface area contributed by atoms with E-state index in [1.807, 2.05) is 31.2 Å². The van der Waals surface area contributed by atoms with Gasteiger partial charge in [0.25, 0.3) is 0 Å². The van der Waals surface area contributed by atoms with Crippen molar-refractivity contribution in [3.8, 4) is 5.75 Å². The van der Waals surface area contributed by atoms with E-state index in [0.717, 1.165) is 31.9 Å². The first-order valence-electron chi connectivity index (χ1n) is 9.67. The van der Waals surface area contributed by atoms with E-state index in [2.05, 4.69) is 46.3 Å². The van der Waals surface area contributed by atoms with Gasteiger partial charge in [-0.15, -0.1) is 0 Å². The van der Waals surface area contributed by atoms with Crippen LogP contribution in [0, 0.1) is 6.92 Å². The second kappa shape index (κ2) is 9.42. The summed E-state index contributed by atoms with van der Waals surface area (Å²) >= 11 is 0. The Kier molecular flexibility index (Phi) is 6.71. The van der Waals surface area contributed by atoms with Crippen molar-refractivity contribution in [3.63, 3.8) is 0 Å². The van der Waals surface area contributed by atoms with Gasteiger partial charge in [0.05, 0.1) is 13.2 Å². The van der Waals surface area contributed by atoms with E-state index in [9.17, 15) is 4.79 Å². The fourth-order valence-electron chi connectivity index (χ4n) is 3.35. The summed E-state index contributed by atoms with van der Waals surface area (Å²) in [5.41, 5.74) is 3.59. The molecular weight excluding hydrogens is 338 g/mol. The summed E-state index contributed by atoms with van der Waals surface area (Å²) in [6, 6.07) is 16.4. The molecule has 3 rings (SSSR count). The second-order valence-electron chi connectivity index (χ2n) is 6.89. The van der Waals surface area contributed by atoms with Crippen LogP contribution in [0.1, 0.15) is 18.1 Å². The summed E-state index contributed by atoms with van der Waals surface area (Å²) in [7, 11) is 0. The van der Waals surface area contributed by atoms with Crippen molar-refractivity contribution in [2.24, 2.45) is 0 Å². The molecule has 1 amide bonds. The van der Waals surface area contributed by atoms with E-state index in [-0.39, 0.29) is 5.91 Å². The number of hydrogen-bond donors (Lipinski definition) is 1. The SMILES string of the molecule is CCOc1ccc(N2CCN(CC(=O)NCc3ccccc3C)CC2)cc1. The summed E-state index contributed by atoms with van der Waals surface area (Å²) in [6.45, 7) is 9.45. The molecule has 1 aliphatic heterocycles. The fraction of sp³-hybridized carbons (Fsp3) is 0.409. The number of anilines is 1. The van der Waals surface area contributed by atoms with E-state index < -0.39 is 0 Å². The van der Waals surface area contributed by atoms with E-state index in [4.69, 9.17) is 4.74 Å². The predicted octanol–water partition coefficient (Wildman–Crippen LogP) is 2.83. The van der Waals surface area contributed by atoms with Gasteiger partial charge >= 0.3 is 0 Å². The molecule has 1 saturated heterocycles. The maximum atomic E-state index is 12.3. The van der Waals surface area contributed by atoms with E-state index in [1.54, 1.807) is 0 Å². The Morgan fingerprint density at radius 1 is 1.04 bits per heavy atom. The number of rotatable bonds is 7. The number of nitrogens with zero attached hydrogens (tertiary/aromatic N) is 2. The van der Waals surface area contributed by atoms with Gasteiger partial charge in [0.15, 0.2) is 0 Å². The van der Waals surface area contributed by atoms with Crippen LogP contribution in [0.15, 0.2) is 48.5 Å². The molecule has 27 heavy (non-hydrogen) atoms. The molecule has 5 heteroatoms. The zero-order valence-corrected chi connectivity index (χ0v) is 16.3. The Labute approximate surface area is 161 Å². The fourth-order valence-corrected chi connectivity index (χ4v) is 3.35. The van der Waals surface area contributed by atoms with Crippen molar-refractivity contribution in [2.45, 2.75) is 20.4 Å². The van der Waals surface area contributed by atoms with E-state index >= 15 is 0 Å². The first-order chi connectivity index (χ1) is 13.2. The zero-order chi connectivity index (χ0) is 19.1. The number of nitrogens with one attached hydrogen (secondary N) is 1. The Bertz CT molecular complexity index is 737. The molecule has 2 aromatic carbocycles. The third kappa shape index (κ3) is 5.47. The van der Waals surface area contributed by atoms with Gasteiger partial charge in [0.2, 0.25) is 5.91 Å². The van der Waals surface area contributed by atoms with Crippen molar-refractivity contribution in [1.82, 2.24) is 10.2 Å². The minimum absolute atomic E-state index is 0.0905. The van der Waals surface area contributed by atoms with Gasteiger partial charge in [-0.25, -0.2) is 0 Å². The van der Waals surface area contributed by atoms with Crippen LogP contribution in [-0.2, 0) is 11.3 Å². The molecule has 1 fully saturated rings. The van der Waals surface area contributed by atoms with Gasteiger partial charge in [-0.2, -0.15) is 0 Å². The van der Waals surface area contributed by atoms with Crippen LogP contribution in [0.25, 0.3) is 0 Å². The molecule has 0 saturated carbocycles. The summed E-state index contributed by atoms with van der Waals surface area (Å²) < 4.78 is 5.50. The Morgan fingerprint density at radius 2 is 1.74 bits per heavy atom. The lowest BCUT2D eigenvalue weighted by atomic mass is 10.1. The predicted molar refractivity (Wildman–Crippen MR) is 109 cm³/mol. The first kappa shape index (κ1) is 19.2. The molecule has 1 N–H and O–H groups in total. The smallest absolute Gasteiger partial charge is 0.234 e. The molecule has 144 valence electrons. The van der Waals surface area contributed by atoms with Gasteiger partial charge < -0.3 is 15.0 Å². The summed E-state index contributed by atoms with van der Waals surface area (Å²) in [5.74, 6) is 0.998. The average Bonchev–Trinajstić information content (AvgIpc) is 2.69. The number of hydrogen-bond acceptors (Lipinski definition) is 4. The second-order valence-corrected chi connectivity index (χ2v) is 6.89. The topological polar surface area (TPSA) is 44.8 Å². The van der Waals surface area contributed by atoms with Gasteiger partial charge in [-0.3, -0.25) is 9.69 Å². The molecule has 0 spiro atoms. The molecule has 0 aromatic heterocycles. The Balaban J connectivity index is 1.42. The third-order valence-electron chi connectivity index (χ3n) is 4.99. The summed E-state index contributed by atoms with van der Waals surface area (Å²) in [4.78, 5) is 16.8. The highest BCUT2D eigenvalue weighted by Gasteiger charge is 2.19. The van der Waals surface area contributed by atoms with Crippen molar-refractivity contribution < 1.29 is 9.53 Å². The number of aryl methyl sites for hydroxylation is 1. The van der Waals surface area contributed by atoms with Crippen molar-refractivity contribution in [1.29, 1.82) is 0 Å². The average molecular weight is 367 g/mol. The molecule has 5 nitrogen and oxygen atoms in total. The number of carbonyl (C=O) groups excluding carboxylic acids is 1. The minimum Gasteiger partial charge on any atom is -0.494 e. The lowest BCUT2D eigenvalue weighted by Crippen LogP contribution is -2.49. The van der Waals surface area contributed by atoms with Crippen LogP contribution in [0.2, 0.25) is 0 Å². The molecular formula is C22H29N3O2. The quantitative estimate of drug-likeness (QED) is 0.817. The van der Waals surface area contributed by atoms with Crippen LogP contribution < -0.4 is 15.0 Å². The van der Waals surface area contributed by atoms with Gasteiger partial charge in [-0.05, 0) is 49.2 Å². The van der Waals surface area contributed by atoms with Gasteiger partial charge in [-0.1, -0.05) is 24.3 Å². The maximum absolute atomic E-state index is 12.3. The summed E-state index contributed by atoms with van der Waals surface area (Å²) in [6.07, 6.45) is 0. The van der Waals surface area contributed by atoms with Gasteiger partial charge in [0, 0.05) is 38.4 Å². The van der Waals surface area contributed by atoms with Crippen LogP contribution in [0.4, 0.5) is 5.69 Å². The molecule has 0 radical (unpaired) electrons. The molecule has 0 bridgehead atoms. The number of benzene rings is 2. The van der Waals surface area contributed by atoms with Crippen molar-refractivity contribution >= 4 is 11.6 Å². The lowest BCUT2D eigenvalue weighted by molar-refractivity contribution is -0.122. The lowest BCUT2D eigenvalue weighted by Gasteiger charge is -2.35. The van der Waals surface area contributed by atoms with Crippen LogP contribution in [-0.4, -0.2) is 50.1 Å². The maximum Gasteiger partial charge on any atom is 0.234 e. The van der Waals surface area contributed by atoms with Crippen molar-refractivity contribution in [2.75, 3.05) is 44.2 Å². The molecule has 0 unspecified atom stereocenters. The van der Waals surface area contributed by atoms with Crippen LogP contribution >= 0.6 is 0 Å². The largest absolute Gasteiger partial charge is 0.494 e. The normalized spacial score (nSPS) is 14.8. The Morgan fingerprint density at radius 3 is 2.41 bits per heavy atom. The highest BCUT2D eigenvalue weighted by atomic mass is 16.5. The highest BCUT2D eigenvalue weighted by molar-refractivity contribution is 5.78. The minimum atomic E-state index is 0.0905. The first-order valence-corrected chi connectivity index (χ1v) is 9.67. The van der Waals surface area contributed by atoms with Crippen LogP contribution in [0.3, 0.4) is 0 Å². The number of piperazine rings is 1. The van der Waals surface area contributed by atoms with Crippen LogP contribution in [0.5, 0.6) is 5.75 Å². The zero-order valence-electron chi connectivity index (χ0n) is 16.3. The molecule has 0 atom stereocenters. The molecule has 2 aromatic rings. The molecule has 1 aliphatic rings. The van der Waals surface area contributed by atoms with Crippen molar-refractivity contribution in [3.05, 3.63) is 59.7 Å². The number of ether oxygens (including phenoxy) is 1. The molecule has 1 heterocycles.